The third-order valence-corrected chi connectivity index (χ3v) is 5.33. The fraction of sp³-hybridized carbons (Fsp3) is 0.200. The molecule has 2 aromatic carbocycles. The maximum absolute atomic E-state index is 12.5. The number of aryl methyl sites for hydroxylation is 3. The van der Waals surface area contributed by atoms with Crippen LogP contribution in [0.3, 0.4) is 0 Å². The molecule has 28 heavy (non-hydrogen) atoms. The Hall–Kier alpha value is -3.13. The number of nitrogens with zero attached hydrogens (tertiary/aromatic N) is 1. The number of rotatable bonds is 6. The second kappa shape index (κ2) is 7.85. The van der Waals surface area contributed by atoms with Crippen molar-refractivity contribution in [3.8, 4) is 5.75 Å². The zero-order valence-electron chi connectivity index (χ0n) is 15.6. The molecule has 0 atom stereocenters. The molecule has 0 radical (unpaired) electrons. The molecule has 0 aliphatic carbocycles. The van der Waals surface area contributed by atoms with Crippen LogP contribution in [0.4, 0.5) is 0 Å². The lowest BCUT2D eigenvalue weighted by Crippen LogP contribution is -2.12. The van der Waals surface area contributed by atoms with Gasteiger partial charge in [-0.3, -0.25) is 0 Å². The van der Waals surface area contributed by atoms with Gasteiger partial charge in [-0.25, -0.2) is 4.79 Å². The first kappa shape index (κ1) is 19.6. The number of carbonyl (C=O) groups is 1. The number of hydrogen-bond acceptors (Lipinski definition) is 7. The largest absolute Gasteiger partial charge is 0.455 e. The molecule has 1 aromatic heterocycles. The highest BCUT2D eigenvalue weighted by atomic mass is 32.2. The summed E-state index contributed by atoms with van der Waals surface area (Å²) in [6.07, 6.45) is 0. The summed E-state index contributed by atoms with van der Waals surface area (Å²) in [6, 6.07) is 12.5. The summed E-state index contributed by atoms with van der Waals surface area (Å²) in [5, 5.41) is 3.74. The molecule has 3 aromatic rings. The molecular weight excluding hydrogens is 382 g/mol. The van der Waals surface area contributed by atoms with Crippen molar-refractivity contribution in [1.29, 1.82) is 0 Å². The molecule has 0 fully saturated rings. The van der Waals surface area contributed by atoms with E-state index in [1.807, 2.05) is 6.07 Å². The van der Waals surface area contributed by atoms with Crippen molar-refractivity contribution in [3.05, 3.63) is 76.7 Å². The van der Waals surface area contributed by atoms with Gasteiger partial charge in [0.2, 0.25) is 0 Å². The molecule has 0 saturated heterocycles. The second-order valence-corrected chi connectivity index (χ2v) is 7.85. The summed E-state index contributed by atoms with van der Waals surface area (Å²) < 4.78 is 40.3. The van der Waals surface area contributed by atoms with Crippen molar-refractivity contribution in [2.24, 2.45) is 0 Å². The lowest BCUT2D eigenvalue weighted by Gasteiger charge is -2.10. The number of aromatic nitrogens is 1. The summed E-state index contributed by atoms with van der Waals surface area (Å²) >= 11 is 0. The molecule has 0 spiro atoms. The van der Waals surface area contributed by atoms with Crippen LogP contribution in [0.25, 0.3) is 0 Å². The Labute approximate surface area is 163 Å². The van der Waals surface area contributed by atoms with Gasteiger partial charge in [-0.2, -0.15) is 8.42 Å². The summed E-state index contributed by atoms with van der Waals surface area (Å²) in [7, 11) is -3.98. The van der Waals surface area contributed by atoms with Gasteiger partial charge in [-0.05, 0) is 62.2 Å². The number of carbonyl (C=O) groups excluding carboxylic acids is 1. The van der Waals surface area contributed by atoms with Crippen LogP contribution in [0.15, 0.2) is 57.9 Å². The van der Waals surface area contributed by atoms with Crippen molar-refractivity contribution < 1.29 is 26.7 Å². The van der Waals surface area contributed by atoms with Crippen LogP contribution in [0.2, 0.25) is 0 Å². The normalized spacial score (nSPS) is 11.2. The molecular formula is C20H19NO6S. The predicted octanol–water partition coefficient (Wildman–Crippen LogP) is 3.72. The van der Waals surface area contributed by atoms with Gasteiger partial charge in [0.15, 0.2) is 0 Å². The first-order valence-corrected chi connectivity index (χ1v) is 9.86. The van der Waals surface area contributed by atoms with Crippen LogP contribution in [-0.2, 0) is 21.5 Å². The van der Waals surface area contributed by atoms with Crippen LogP contribution in [0.1, 0.15) is 32.9 Å². The summed E-state index contributed by atoms with van der Waals surface area (Å²) in [5.41, 5.74) is 2.17. The molecule has 0 amide bonds. The number of esters is 1. The van der Waals surface area contributed by atoms with E-state index in [1.54, 1.807) is 39.0 Å². The molecule has 0 N–H and O–H groups in total. The summed E-state index contributed by atoms with van der Waals surface area (Å²) in [4.78, 5) is 12.2. The van der Waals surface area contributed by atoms with Gasteiger partial charge in [-0.1, -0.05) is 17.3 Å². The molecule has 7 nitrogen and oxygen atoms in total. The number of ether oxygens (including phenoxy) is 1. The molecule has 0 unspecified atom stereocenters. The maximum Gasteiger partial charge on any atom is 0.339 e. The Morgan fingerprint density at radius 1 is 1.04 bits per heavy atom. The highest BCUT2D eigenvalue weighted by Gasteiger charge is 2.20. The van der Waals surface area contributed by atoms with E-state index in [0.717, 1.165) is 5.56 Å². The lowest BCUT2D eigenvalue weighted by atomic mass is 10.2. The van der Waals surface area contributed by atoms with Gasteiger partial charge in [0.25, 0.3) is 0 Å². The fourth-order valence-corrected chi connectivity index (χ4v) is 3.75. The minimum Gasteiger partial charge on any atom is -0.455 e. The number of hydrogen-bond donors (Lipinski definition) is 0. The van der Waals surface area contributed by atoms with E-state index in [1.165, 1.54) is 24.3 Å². The van der Waals surface area contributed by atoms with Gasteiger partial charge < -0.3 is 13.4 Å². The monoisotopic (exact) mass is 401 g/mol. The summed E-state index contributed by atoms with van der Waals surface area (Å²) in [6.45, 7) is 5.23. The lowest BCUT2D eigenvalue weighted by molar-refractivity contribution is 0.0464. The van der Waals surface area contributed by atoms with Crippen LogP contribution in [-0.4, -0.2) is 19.5 Å². The zero-order valence-corrected chi connectivity index (χ0v) is 16.4. The van der Waals surface area contributed by atoms with E-state index < -0.39 is 16.1 Å². The standard InChI is InChI=1S/C20H19NO6S/c1-13-4-5-14(2)19(10-13)28(23,24)27-18-8-6-16(7-9-18)20(22)25-12-17-11-15(3)26-21-17/h4-11H,12H2,1-3H3. The molecule has 0 aliphatic heterocycles. The SMILES string of the molecule is Cc1ccc(C)c(S(=O)(=O)Oc2ccc(C(=O)OCc3cc(C)on3)cc2)c1. The van der Waals surface area contributed by atoms with Crippen molar-refractivity contribution >= 4 is 16.1 Å². The van der Waals surface area contributed by atoms with E-state index >= 15 is 0 Å². The molecule has 0 bridgehead atoms. The van der Waals surface area contributed by atoms with Crippen LogP contribution in [0.5, 0.6) is 5.75 Å². The Morgan fingerprint density at radius 3 is 2.39 bits per heavy atom. The van der Waals surface area contributed by atoms with E-state index in [0.29, 0.717) is 17.0 Å². The van der Waals surface area contributed by atoms with Gasteiger partial charge in [0, 0.05) is 6.07 Å². The smallest absolute Gasteiger partial charge is 0.339 e. The minimum atomic E-state index is -3.98. The highest BCUT2D eigenvalue weighted by Crippen LogP contribution is 2.23. The Bertz CT molecular complexity index is 1100. The molecule has 0 aliphatic rings. The quantitative estimate of drug-likeness (QED) is 0.459. The third kappa shape index (κ3) is 4.58. The molecule has 1 heterocycles. The van der Waals surface area contributed by atoms with E-state index in [9.17, 15) is 13.2 Å². The Balaban J connectivity index is 1.68. The fourth-order valence-electron chi connectivity index (χ4n) is 2.50. The van der Waals surface area contributed by atoms with Crippen LogP contribution >= 0.6 is 0 Å². The Morgan fingerprint density at radius 2 is 1.75 bits per heavy atom. The average molecular weight is 401 g/mol. The van der Waals surface area contributed by atoms with Gasteiger partial charge in [0.1, 0.15) is 28.7 Å². The first-order valence-electron chi connectivity index (χ1n) is 8.46. The van der Waals surface area contributed by atoms with Crippen LogP contribution in [0, 0.1) is 20.8 Å². The van der Waals surface area contributed by atoms with Crippen molar-refractivity contribution in [1.82, 2.24) is 5.16 Å². The van der Waals surface area contributed by atoms with Gasteiger partial charge >= 0.3 is 16.1 Å². The topological polar surface area (TPSA) is 95.7 Å². The van der Waals surface area contributed by atoms with Gasteiger partial charge in [0.05, 0.1) is 5.56 Å². The molecule has 8 heteroatoms. The van der Waals surface area contributed by atoms with Crippen molar-refractivity contribution in [2.45, 2.75) is 32.3 Å². The zero-order chi connectivity index (χ0) is 20.3. The third-order valence-electron chi connectivity index (χ3n) is 3.94. The number of benzene rings is 2. The van der Waals surface area contributed by atoms with E-state index in [4.69, 9.17) is 13.4 Å². The Kier molecular flexibility index (Phi) is 5.51. The minimum absolute atomic E-state index is 0.0184. The summed E-state index contributed by atoms with van der Waals surface area (Å²) in [5.74, 6) is 0.159. The maximum atomic E-state index is 12.5. The first-order chi connectivity index (χ1) is 13.2. The second-order valence-electron chi connectivity index (χ2n) is 6.34. The van der Waals surface area contributed by atoms with E-state index in [-0.39, 0.29) is 22.8 Å². The van der Waals surface area contributed by atoms with Crippen molar-refractivity contribution in [3.63, 3.8) is 0 Å². The molecule has 146 valence electrons. The average Bonchev–Trinajstić information content (AvgIpc) is 3.07. The van der Waals surface area contributed by atoms with Gasteiger partial charge in [-0.15, -0.1) is 0 Å². The molecule has 3 rings (SSSR count). The highest BCUT2D eigenvalue weighted by molar-refractivity contribution is 7.87. The van der Waals surface area contributed by atoms with Crippen molar-refractivity contribution in [2.75, 3.05) is 0 Å². The van der Waals surface area contributed by atoms with E-state index in [2.05, 4.69) is 5.16 Å². The molecule has 0 saturated carbocycles. The predicted molar refractivity (Wildman–Crippen MR) is 101 cm³/mol. The van der Waals surface area contributed by atoms with Crippen LogP contribution < -0.4 is 4.18 Å².